The lowest BCUT2D eigenvalue weighted by molar-refractivity contribution is 0.0956. The van der Waals surface area contributed by atoms with Crippen molar-refractivity contribution < 1.29 is 4.79 Å². The van der Waals surface area contributed by atoms with E-state index in [1.165, 1.54) is 5.56 Å². The zero-order valence-electron chi connectivity index (χ0n) is 11.3. The van der Waals surface area contributed by atoms with E-state index < -0.39 is 0 Å². The average Bonchev–Trinajstić information content (AvgIpc) is 2.48. The number of benzene rings is 2. The molecule has 0 aliphatic heterocycles. The molecule has 0 unspecified atom stereocenters. The van der Waals surface area contributed by atoms with Crippen LogP contribution in [0.2, 0.25) is 5.02 Å². The van der Waals surface area contributed by atoms with E-state index >= 15 is 0 Å². The van der Waals surface area contributed by atoms with Gasteiger partial charge in [0.15, 0.2) is 0 Å². The highest BCUT2D eigenvalue weighted by Crippen LogP contribution is 2.15. The van der Waals surface area contributed by atoms with Crippen molar-refractivity contribution in [3.05, 3.63) is 68.3 Å². The SMILES string of the molecule is O=C(NCCSCc1ccc(Cl)cc1)c1cccc(I)c1. The predicted octanol–water partition coefficient (Wildman–Crippen LogP) is 4.61. The molecular weight excluding hydrogens is 417 g/mol. The van der Waals surface area contributed by atoms with E-state index in [0.717, 1.165) is 20.1 Å². The van der Waals surface area contributed by atoms with Gasteiger partial charge in [-0.05, 0) is 58.5 Å². The molecule has 1 N–H and O–H groups in total. The summed E-state index contributed by atoms with van der Waals surface area (Å²) in [6.45, 7) is 0.669. The molecule has 0 aliphatic rings. The molecular formula is C16H15ClINOS. The summed E-state index contributed by atoms with van der Waals surface area (Å²) in [5.74, 6) is 1.80. The fraction of sp³-hybridized carbons (Fsp3) is 0.188. The first-order valence-electron chi connectivity index (χ1n) is 6.51. The Labute approximate surface area is 147 Å². The summed E-state index contributed by atoms with van der Waals surface area (Å²) < 4.78 is 1.07. The van der Waals surface area contributed by atoms with Crippen LogP contribution in [-0.2, 0) is 5.75 Å². The molecule has 5 heteroatoms. The van der Waals surface area contributed by atoms with Crippen LogP contribution < -0.4 is 5.32 Å². The lowest BCUT2D eigenvalue weighted by Crippen LogP contribution is -2.25. The molecule has 0 atom stereocenters. The molecule has 1 amide bonds. The number of nitrogens with one attached hydrogen (secondary N) is 1. The summed E-state index contributed by atoms with van der Waals surface area (Å²) >= 11 is 9.84. The molecule has 0 aromatic heterocycles. The van der Waals surface area contributed by atoms with Crippen LogP contribution in [0.3, 0.4) is 0 Å². The smallest absolute Gasteiger partial charge is 0.251 e. The molecule has 110 valence electrons. The predicted molar refractivity (Wildman–Crippen MR) is 99.1 cm³/mol. The van der Waals surface area contributed by atoms with Crippen LogP contribution in [0, 0.1) is 3.57 Å². The van der Waals surface area contributed by atoms with Crippen LogP contribution in [0.1, 0.15) is 15.9 Å². The lowest BCUT2D eigenvalue weighted by Gasteiger charge is -2.06. The van der Waals surface area contributed by atoms with Crippen molar-refractivity contribution in [1.82, 2.24) is 5.32 Å². The van der Waals surface area contributed by atoms with Gasteiger partial charge in [0, 0.05) is 32.2 Å². The second-order valence-electron chi connectivity index (χ2n) is 4.45. The Morgan fingerprint density at radius 2 is 1.95 bits per heavy atom. The first-order valence-corrected chi connectivity index (χ1v) is 9.12. The van der Waals surface area contributed by atoms with Gasteiger partial charge < -0.3 is 5.32 Å². The van der Waals surface area contributed by atoms with Crippen molar-refractivity contribution >= 4 is 51.9 Å². The molecule has 0 aliphatic carbocycles. The lowest BCUT2D eigenvalue weighted by atomic mass is 10.2. The minimum atomic E-state index is -0.0133. The van der Waals surface area contributed by atoms with Crippen LogP contribution >= 0.6 is 46.0 Å². The number of carbonyl (C=O) groups is 1. The summed E-state index contributed by atoms with van der Waals surface area (Å²) in [6.07, 6.45) is 0. The maximum atomic E-state index is 11.9. The highest BCUT2D eigenvalue weighted by Gasteiger charge is 2.04. The number of carbonyl (C=O) groups excluding carboxylic acids is 1. The molecule has 2 aromatic carbocycles. The monoisotopic (exact) mass is 431 g/mol. The van der Waals surface area contributed by atoms with Gasteiger partial charge in [0.2, 0.25) is 0 Å². The Balaban J connectivity index is 1.68. The normalized spacial score (nSPS) is 10.4. The molecule has 0 radical (unpaired) electrons. The van der Waals surface area contributed by atoms with E-state index in [0.29, 0.717) is 12.1 Å². The van der Waals surface area contributed by atoms with Crippen molar-refractivity contribution in [3.8, 4) is 0 Å². The standard InChI is InChI=1S/C16H15ClINOS/c17-14-6-4-12(5-7-14)11-21-9-8-19-16(20)13-2-1-3-15(18)10-13/h1-7,10H,8-9,11H2,(H,19,20). The molecule has 2 rings (SSSR count). The van der Waals surface area contributed by atoms with Crippen LogP contribution in [-0.4, -0.2) is 18.2 Å². The number of halogens is 2. The van der Waals surface area contributed by atoms with E-state index in [-0.39, 0.29) is 5.91 Å². The Bertz CT molecular complexity index is 603. The van der Waals surface area contributed by atoms with E-state index in [2.05, 4.69) is 27.9 Å². The zero-order valence-corrected chi connectivity index (χ0v) is 15.0. The van der Waals surface area contributed by atoms with Crippen LogP contribution in [0.15, 0.2) is 48.5 Å². The highest BCUT2D eigenvalue weighted by molar-refractivity contribution is 14.1. The Morgan fingerprint density at radius 3 is 2.67 bits per heavy atom. The van der Waals surface area contributed by atoms with E-state index in [4.69, 9.17) is 11.6 Å². The van der Waals surface area contributed by atoms with Gasteiger partial charge in [-0.3, -0.25) is 4.79 Å². The molecule has 21 heavy (non-hydrogen) atoms. The van der Waals surface area contributed by atoms with Crippen molar-refractivity contribution in [2.24, 2.45) is 0 Å². The van der Waals surface area contributed by atoms with Gasteiger partial charge in [-0.25, -0.2) is 0 Å². The van der Waals surface area contributed by atoms with Gasteiger partial charge in [-0.2, -0.15) is 11.8 Å². The number of thioether (sulfide) groups is 1. The van der Waals surface area contributed by atoms with Gasteiger partial charge in [-0.15, -0.1) is 0 Å². The molecule has 0 bridgehead atoms. The molecule has 0 saturated heterocycles. The zero-order chi connectivity index (χ0) is 15.1. The van der Waals surface area contributed by atoms with Gasteiger partial charge in [0.1, 0.15) is 0 Å². The molecule has 0 spiro atoms. The van der Waals surface area contributed by atoms with Gasteiger partial charge in [0.25, 0.3) is 5.91 Å². The summed E-state index contributed by atoms with van der Waals surface area (Å²) in [6, 6.07) is 15.4. The van der Waals surface area contributed by atoms with Crippen LogP contribution in [0.25, 0.3) is 0 Å². The highest BCUT2D eigenvalue weighted by atomic mass is 127. The number of rotatable bonds is 6. The van der Waals surface area contributed by atoms with Crippen LogP contribution in [0.5, 0.6) is 0 Å². The van der Waals surface area contributed by atoms with Gasteiger partial charge in [-0.1, -0.05) is 29.8 Å². The second kappa shape index (κ2) is 8.66. The fourth-order valence-corrected chi connectivity index (χ4v) is 3.23. The summed E-state index contributed by atoms with van der Waals surface area (Å²) in [4.78, 5) is 11.9. The minimum absolute atomic E-state index is 0.0133. The molecule has 0 heterocycles. The molecule has 2 nitrogen and oxygen atoms in total. The third-order valence-corrected chi connectivity index (χ3v) is 4.75. The molecule has 0 saturated carbocycles. The van der Waals surface area contributed by atoms with E-state index in [1.54, 1.807) is 11.8 Å². The number of amides is 1. The largest absolute Gasteiger partial charge is 0.351 e. The number of hydrogen-bond donors (Lipinski definition) is 1. The summed E-state index contributed by atoms with van der Waals surface area (Å²) in [7, 11) is 0. The summed E-state index contributed by atoms with van der Waals surface area (Å²) in [5.41, 5.74) is 1.96. The molecule has 0 fully saturated rings. The first kappa shape index (κ1) is 16.6. The maximum absolute atomic E-state index is 11.9. The molecule has 2 aromatic rings. The van der Waals surface area contributed by atoms with Crippen LogP contribution in [0.4, 0.5) is 0 Å². The Hall–Kier alpha value is -0.720. The Kier molecular flexibility index (Phi) is 6.86. The van der Waals surface area contributed by atoms with E-state index in [1.807, 2.05) is 48.5 Å². The third kappa shape index (κ3) is 5.88. The second-order valence-corrected chi connectivity index (χ2v) is 7.23. The Morgan fingerprint density at radius 1 is 1.19 bits per heavy atom. The minimum Gasteiger partial charge on any atom is -0.351 e. The van der Waals surface area contributed by atoms with Crippen molar-refractivity contribution in [3.63, 3.8) is 0 Å². The summed E-state index contributed by atoms with van der Waals surface area (Å²) in [5, 5.41) is 3.70. The van der Waals surface area contributed by atoms with E-state index in [9.17, 15) is 4.79 Å². The van der Waals surface area contributed by atoms with Crippen molar-refractivity contribution in [2.45, 2.75) is 5.75 Å². The number of hydrogen-bond acceptors (Lipinski definition) is 2. The van der Waals surface area contributed by atoms with Crippen molar-refractivity contribution in [1.29, 1.82) is 0 Å². The quantitative estimate of drug-likeness (QED) is 0.535. The maximum Gasteiger partial charge on any atom is 0.251 e. The third-order valence-electron chi connectivity index (χ3n) is 2.80. The fourth-order valence-electron chi connectivity index (χ4n) is 1.74. The van der Waals surface area contributed by atoms with Crippen molar-refractivity contribution in [2.75, 3.05) is 12.3 Å². The average molecular weight is 432 g/mol. The van der Waals surface area contributed by atoms with Gasteiger partial charge in [0.05, 0.1) is 0 Å². The topological polar surface area (TPSA) is 29.1 Å². The van der Waals surface area contributed by atoms with Gasteiger partial charge >= 0.3 is 0 Å². The first-order chi connectivity index (χ1) is 10.1.